The highest BCUT2D eigenvalue weighted by Crippen LogP contribution is 2.20. The third-order valence-electron chi connectivity index (χ3n) is 4.53. The van der Waals surface area contributed by atoms with Crippen LogP contribution in [0.15, 0.2) is 65.5 Å². The molecule has 7 nitrogen and oxygen atoms in total. The van der Waals surface area contributed by atoms with Crippen LogP contribution in [0.4, 0.5) is 13.6 Å². The number of fused-ring (bicyclic) bond motifs is 1. The Morgan fingerprint density at radius 1 is 0.966 bits per heavy atom. The van der Waals surface area contributed by atoms with Crippen LogP contribution in [0, 0.1) is 11.6 Å². The van der Waals surface area contributed by atoms with E-state index in [-0.39, 0.29) is 6.54 Å². The average molecular weight is 395 g/mol. The van der Waals surface area contributed by atoms with E-state index in [1.54, 1.807) is 0 Å². The Hall–Kier alpha value is -3.88. The molecule has 0 radical (unpaired) electrons. The Morgan fingerprint density at radius 3 is 2.38 bits per heavy atom. The lowest BCUT2D eigenvalue weighted by atomic mass is 10.0. The highest BCUT2D eigenvalue weighted by Gasteiger charge is 2.22. The second-order valence-electron chi connectivity index (χ2n) is 6.43. The van der Waals surface area contributed by atoms with Crippen LogP contribution in [0.3, 0.4) is 0 Å². The molecule has 29 heavy (non-hydrogen) atoms. The van der Waals surface area contributed by atoms with Crippen molar-refractivity contribution in [2.45, 2.75) is 6.54 Å². The maximum absolute atomic E-state index is 13.9. The molecule has 1 heterocycles. The molecule has 1 aromatic heterocycles. The molecular formula is C20H15F2N5O2. The van der Waals surface area contributed by atoms with E-state index in [0.717, 1.165) is 34.5 Å². The van der Waals surface area contributed by atoms with Gasteiger partial charge in [-0.3, -0.25) is 0 Å². The molecule has 0 atom stereocenters. The van der Waals surface area contributed by atoms with Gasteiger partial charge in [0.25, 0.3) is 0 Å². The van der Waals surface area contributed by atoms with Gasteiger partial charge in [0.15, 0.2) is 11.6 Å². The van der Waals surface area contributed by atoms with Gasteiger partial charge in [-0.25, -0.2) is 18.4 Å². The number of halogens is 2. The lowest BCUT2D eigenvalue weighted by Crippen LogP contribution is -2.38. The van der Waals surface area contributed by atoms with Crippen LogP contribution in [-0.4, -0.2) is 37.8 Å². The maximum atomic E-state index is 13.9. The summed E-state index contributed by atoms with van der Waals surface area (Å²) in [5.41, 5.74) is -0.878. The molecule has 0 N–H and O–H groups in total. The van der Waals surface area contributed by atoms with Gasteiger partial charge in [-0.1, -0.05) is 48.5 Å². The first-order valence-corrected chi connectivity index (χ1v) is 8.69. The van der Waals surface area contributed by atoms with E-state index in [1.165, 1.54) is 11.9 Å². The molecule has 4 aromatic rings. The topological polar surface area (TPSA) is 73.0 Å². The van der Waals surface area contributed by atoms with Crippen molar-refractivity contribution >= 4 is 16.8 Å². The molecule has 3 aromatic carbocycles. The molecule has 0 spiro atoms. The number of para-hydroxylation sites is 1. The molecule has 146 valence electrons. The quantitative estimate of drug-likeness (QED) is 0.500. The minimum absolute atomic E-state index is 0.202. The van der Waals surface area contributed by atoms with E-state index in [4.69, 9.17) is 0 Å². The molecular weight excluding hydrogens is 380 g/mol. The number of carbonyl (C=O) groups is 1. The standard InChI is InChI=1S/C20H15F2N5O2/c1-25(12-14-8-4-7-13-6-2-3-9-15(13)14)19(28)27-20(29)26(23-24-27)18-16(21)10-5-11-17(18)22/h2-11H,12H2,1H3. The van der Waals surface area contributed by atoms with Crippen molar-refractivity contribution in [3.05, 3.63) is 88.3 Å². The predicted octanol–water partition coefficient (Wildman–Crippen LogP) is 2.96. The number of tetrazole rings is 1. The fourth-order valence-electron chi connectivity index (χ4n) is 3.11. The van der Waals surface area contributed by atoms with E-state index in [9.17, 15) is 18.4 Å². The second-order valence-corrected chi connectivity index (χ2v) is 6.43. The fourth-order valence-corrected chi connectivity index (χ4v) is 3.11. The van der Waals surface area contributed by atoms with Crippen molar-refractivity contribution in [1.29, 1.82) is 0 Å². The van der Waals surface area contributed by atoms with Crippen molar-refractivity contribution in [3.8, 4) is 5.69 Å². The molecule has 4 rings (SSSR count). The lowest BCUT2D eigenvalue weighted by Gasteiger charge is -2.17. The first-order chi connectivity index (χ1) is 14.0. The van der Waals surface area contributed by atoms with Crippen LogP contribution < -0.4 is 5.69 Å². The van der Waals surface area contributed by atoms with Gasteiger partial charge in [-0.2, -0.15) is 4.68 Å². The Bertz CT molecular complexity index is 1260. The summed E-state index contributed by atoms with van der Waals surface area (Å²) < 4.78 is 28.8. The minimum atomic E-state index is -1.07. The Labute approximate surface area is 163 Å². The van der Waals surface area contributed by atoms with Gasteiger partial charge in [0.2, 0.25) is 0 Å². The molecule has 0 unspecified atom stereocenters. The highest BCUT2D eigenvalue weighted by atomic mass is 19.1. The van der Waals surface area contributed by atoms with Crippen LogP contribution >= 0.6 is 0 Å². The summed E-state index contributed by atoms with van der Waals surface area (Å²) >= 11 is 0. The van der Waals surface area contributed by atoms with Crippen molar-refractivity contribution < 1.29 is 13.6 Å². The van der Waals surface area contributed by atoms with Crippen LogP contribution in [-0.2, 0) is 6.54 Å². The monoisotopic (exact) mass is 395 g/mol. The summed E-state index contributed by atoms with van der Waals surface area (Å²) in [5, 5.41) is 8.94. The zero-order chi connectivity index (χ0) is 20.5. The molecule has 9 heteroatoms. The van der Waals surface area contributed by atoms with Gasteiger partial charge in [0, 0.05) is 13.6 Å². The van der Waals surface area contributed by atoms with Crippen LogP contribution in [0.1, 0.15) is 5.56 Å². The van der Waals surface area contributed by atoms with E-state index in [2.05, 4.69) is 10.4 Å². The van der Waals surface area contributed by atoms with Crippen molar-refractivity contribution in [1.82, 2.24) is 24.7 Å². The highest BCUT2D eigenvalue weighted by molar-refractivity contribution is 5.86. The molecule has 1 amide bonds. The molecule has 0 aliphatic carbocycles. The first kappa shape index (κ1) is 18.5. The lowest BCUT2D eigenvalue weighted by molar-refractivity contribution is 0.204. The number of hydrogen-bond acceptors (Lipinski definition) is 4. The van der Waals surface area contributed by atoms with Gasteiger partial charge >= 0.3 is 11.7 Å². The number of benzene rings is 3. The van der Waals surface area contributed by atoms with Gasteiger partial charge in [-0.15, -0.1) is 4.68 Å². The van der Waals surface area contributed by atoms with Crippen LogP contribution in [0.25, 0.3) is 16.5 Å². The number of aromatic nitrogens is 4. The smallest absolute Gasteiger partial charge is 0.321 e. The number of carbonyl (C=O) groups excluding carboxylic acids is 1. The van der Waals surface area contributed by atoms with E-state index in [1.807, 2.05) is 42.5 Å². The van der Waals surface area contributed by atoms with E-state index in [0.29, 0.717) is 9.36 Å². The molecule has 0 bridgehead atoms. The summed E-state index contributed by atoms with van der Waals surface area (Å²) in [6, 6.07) is 15.8. The summed E-state index contributed by atoms with van der Waals surface area (Å²) in [5.74, 6) is -1.98. The first-order valence-electron chi connectivity index (χ1n) is 8.69. The maximum Gasteiger partial charge on any atom is 0.377 e. The Morgan fingerprint density at radius 2 is 1.62 bits per heavy atom. The molecule has 0 fully saturated rings. The number of hydrogen-bond donors (Lipinski definition) is 0. The Balaban J connectivity index is 1.65. The fraction of sp³-hybridized carbons (Fsp3) is 0.100. The van der Waals surface area contributed by atoms with Gasteiger partial charge in [0.1, 0.15) is 5.69 Å². The minimum Gasteiger partial charge on any atom is -0.321 e. The SMILES string of the molecule is CN(Cc1cccc2ccccc12)C(=O)n1nnn(-c2c(F)cccc2F)c1=O. The van der Waals surface area contributed by atoms with Crippen molar-refractivity contribution in [2.24, 2.45) is 0 Å². The third-order valence-corrected chi connectivity index (χ3v) is 4.53. The van der Waals surface area contributed by atoms with Crippen LogP contribution in [0.2, 0.25) is 0 Å². The zero-order valence-corrected chi connectivity index (χ0v) is 15.3. The van der Waals surface area contributed by atoms with Crippen molar-refractivity contribution in [3.63, 3.8) is 0 Å². The van der Waals surface area contributed by atoms with Gasteiger partial charge < -0.3 is 4.90 Å². The summed E-state index contributed by atoms with van der Waals surface area (Å²) in [6.45, 7) is 0.202. The summed E-state index contributed by atoms with van der Waals surface area (Å²) in [4.78, 5) is 26.5. The number of nitrogens with zero attached hydrogens (tertiary/aromatic N) is 5. The third kappa shape index (κ3) is 3.27. The Kier molecular flexibility index (Phi) is 4.63. The molecule has 0 aliphatic rings. The molecule has 0 aliphatic heterocycles. The van der Waals surface area contributed by atoms with E-state index >= 15 is 0 Å². The van der Waals surface area contributed by atoms with Crippen LogP contribution in [0.5, 0.6) is 0 Å². The zero-order valence-electron chi connectivity index (χ0n) is 15.3. The predicted molar refractivity (Wildman–Crippen MR) is 102 cm³/mol. The molecule has 0 saturated heterocycles. The normalized spacial score (nSPS) is 11.0. The largest absolute Gasteiger partial charge is 0.377 e. The second kappa shape index (κ2) is 7.27. The number of amides is 1. The summed E-state index contributed by atoms with van der Waals surface area (Å²) in [7, 11) is 1.50. The van der Waals surface area contributed by atoms with E-state index < -0.39 is 29.0 Å². The molecule has 0 saturated carbocycles. The van der Waals surface area contributed by atoms with Gasteiger partial charge in [0.05, 0.1) is 0 Å². The van der Waals surface area contributed by atoms with Gasteiger partial charge in [-0.05, 0) is 38.9 Å². The summed E-state index contributed by atoms with van der Waals surface area (Å²) in [6.07, 6.45) is 0. The van der Waals surface area contributed by atoms with Crippen molar-refractivity contribution in [2.75, 3.05) is 7.05 Å². The average Bonchev–Trinajstić information content (AvgIpc) is 3.08. The number of rotatable bonds is 3.